The minimum atomic E-state index is 0.380. The minimum absolute atomic E-state index is 0.380. The van der Waals surface area contributed by atoms with Crippen LogP contribution in [-0.2, 0) is 6.54 Å². The first kappa shape index (κ1) is 12.8. The lowest BCUT2D eigenvalue weighted by molar-refractivity contribution is 0.574. The van der Waals surface area contributed by atoms with Crippen molar-refractivity contribution in [2.24, 2.45) is 0 Å². The summed E-state index contributed by atoms with van der Waals surface area (Å²) in [6, 6.07) is 17.7. The molecule has 0 heterocycles. The quantitative estimate of drug-likeness (QED) is 0.845. The van der Waals surface area contributed by atoms with Crippen molar-refractivity contribution in [3.8, 4) is 0 Å². The van der Waals surface area contributed by atoms with Crippen LogP contribution < -0.4 is 5.32 Å². The molecule has 0 saturated heterocycles. The molecule has 1 N–H and O–H groups in total. The molecule has 2 rings (SSSR count). The normalized spacial score (nSPS) is 12.4. The Bertz CT molecular complexity index is 517. The predicted octanol–water partition coefficient (Wildman–Crippen LogP) is 4.15. The molecule has 0 aliphatic rings. The van der Waals surface area contributed by atoms with E-state index in [-0.39, 0.29) is 0 Å². The second-order valence-corrected chi connectivity index (χ2v) is 5.01. The van der Waals surface area contributed by atoms with E-state index in [4.69, 9.17) is 0 Å². The van der Waals surface area contributed by atoms with Crippen molar-refractivity contribution in [3.05, 3.63) is 70.8 Å². The predicted molar refractivity (Wildman–Crippen MR) is 77.6 cm³/mol. The zero-order chi connectivity index (χ0) is 13.0. The molecule has 1 atom stereocenters. The Hall–Kier alpha value is -1.60. The molecule has 0 aromatic heterocycles. The minimum Gasteiger partial charge on any atom is -0.306 e. The van der Waals surface area contributed by atoms with E-state index in [2.05, 4.69) is 74.6 Å². The third-order valence-corrected chi connectivity index (χ3v) is 3.24. The van der Waals surface area contributed by atoms with Crippen molar-refractivity contribution in [2.45, 2.75) is 33.4 Å². The number of nitrogens with one attached hydrogen (secondary N) is 1. The summed E-state index contributed by atoms with van der Waals surface area (Å²) < 4.78 is 0. The maximum Gasteiger partial charge on any atom is 0.0295 e. The van der Waals surface area contributed by atoms with Crippen LogP contribution in [0.5, 0.6) is 0 Å². The molecule has 1 heteroatoms. The molecular formula is C17H21N. The van der Waals surface area contributed by atoms with E-state index in [0.29, 0.717) is 6.04 Å². The van der Waals surface area contributed by atoms with Crippen LogP contribution >= 0.6 is 0 Å². The highest BCUT2D eigenvalue weighted by Crippen LogP contribution is 2.14. The highest BCUT2D eigenvalue weighted by molar-refractivity contribution is 5.25. The molecular weight excluding hydrogens is 218 g/mol. The van der Waals surface area contributed by atoms with Gasteiger partial charge in [-0.15, -0.1) is 0 Å². The van der Waals surface area contributed by atoms with Crippen LogP contribution in [0.4, 0.5) is 0 Å². The molecule has 94 valence electrons. The van der Waals surface area contributed by atoms with Crippen LogP contribution in [0, 0.1) is 13.8 Å². The van der Waals surface area contributed by atoms with Crippen LogP contribution in [0.2, 0.25) is 0 Å². The van der Waals surface area contributed by atoms with Gasteiger partial charge in [0.15, 0.2) is 0 Å². The number of rotatable bonds is 4. The summed E-state index contributed by atoms with van der Waals surface area (Å²) in [4.78, 5) is 0. The first-order valence-corrected chi connectivity index (χ1v) is 6.50. The molecule has 0 spiro atoms. The van der Waals surface area contributed by atoms with Gasteiger partial charge < -0.3 is 5.32 Å². The van der Waals surface area contributed by atoms with E-state index >= 15 is 0 Å². The smallest absolute Gasteiger partial charge is 0.0295 e. The first-order valence-electron chi connectivity index (χ1n) is 6.50. The maximum absolute atomic E-state index is 3.57. The van der Waals surface area contributed by atoms with Gasteiger partial charge in [-0.1, -0.05) is 59.7 Å². The van der Waals surface area contributed by atoms with Gasteiger partial charge in [0, 0.05) is 12.6 Å². The standard InChI is InChI=1S/C17H21N/c1-13-6-4-8-16(10-13)12-18-15(3)17-9-5-7-14(2)11-17/h4-11,15,18H,12H2,1-3H3/t15-/m1/s1. The van der Waals surface area contributed by atoms with E-state index in [1.165, 1.54) is 22.3 Å². The number of hydrogen-bond donors (Lipinski definition) is 1. The molecule has 0 aliphatic heterocycles. The molecule has 0 amide bonds. The Kier molecular flexibility index (Phi) is 4.16. The summed E-state index contributed by atoms with van der Waals surface area (Å²) >= 11 is 0. The fourth-order valence-electron chi connectivity index (χ4n) is 2.15. The number of aryl methyl sites for hydroxylation is 2. The van der Waals surface area contributed by atoms with Gasteiger partial charge in [-0.25, -0.2) is 0 Å². The molecule has 0 bridgehead atoms. The topological polar surface area (TPSA) is 12.0 Å². The molecule has 0 saturated carbocycles. The lowest BCUT2D eigenvalue weighted by Gasteiger charge is -2.15. The SMILES string of the molecule is Cc1cccc(CN[C@H](C)c2cccc(C)c2)c1. The lowest BCUT2D eigenvalue weighted by atomic mass is 10.1. The second-order valence-electron chi connectivity index (χ2n) is 5.01. The Morgan fingerprint density at radius 2 is 1.61 bits per heavy atom. The van der Waals surface area contributed by atoms with Crippen LogP contribution in [0.3, 0.4) is 0 Å². The van der Waals surface area contributed by atoms with Crippen molar-refractivity contribution < 1.29 is 0 Å². The number of hydrogen-bond acceptors (Lipinski definition) is 1. The molecule has 18 heavy (non-hydrogen) atoms. The molecule has 0 fully saturated rings. The zero-order valence-electron chi connectivity index (χ0n) is 11.4. The molecule has 0 radical (unpaired) electrons. The van der Waals surface area contributed by atoms with Gasteiger partial charge >= 0.3 is 0 Å². The molecule has 2 aromatic rings. The van der Waals surface area contributed by atoms with Crippen molar-refractivity contribution in [1.29, 1.82) is 0 Å². The molecule has 0 unspecified atom stereocenters. The van der Waals surface area contributed by atoms with Gasteiger partial charge in [-0.05, 0) is 31.9 Å². The maximum atomic E-state index is 3.57. The molecule has 0 aliphatic carbocycles. The zero-order valence-corrected chi connectivity index (χ0v) is 11.4. The molecule has 2 aromatic carbocycles. The van der Waals surface area contributed by atoms with Crippen LogP contribution in [0.25, 0.3) is 0 Å². The van der Waals surface area contributed by atoms with Crippen LogP contribution in [-0.4, -0.2) is 0 Å². The van der Waals surface area contributed by atoms with E-state index in [1.54, 1.807) is 0 Å². The van der Waals surface area contributed by atoms with Crippen molar-refractivity contribution in [2.75, 3.05) is 0 Å². The van der Waals surface area contributed by atoms with Gasteiger partial charge in [-0.2, -0.15) is 0 Å². The van der Waals surface area contributed by atoms with Gasteiger partial charge in [0.25, 0.3) is 0 Å². The third kappa shape index (κ3) is 3.44. The summed E-state index contributed by atoms with van der Waals surface area (Å²) in [5.74, 6) is 0. The Morgan fingerprint density at radius 1 is 0.944 bits per heavy atom. The van der Waals surface area contributed by atoms with Gasteiger partial charge in [0.1, 0.15) is 0 Å². The summed E-state index contributed by atoms with van der Waals surface area (Å²) in [6.07, 6.45) is 0. The fraction of sp³-hybridized carbons (Fsp3) is 0.294. The average molecular weight is 239 g/mol. The van der Waals surface area contributed by atoms with E-state index in [9.17, 15) is 0 Å². The first-order chi connectivity index (χ1) is 8.65. The van der Waals surface area contributed by atoms with Crippen LogP contribution in [0.1, 0.15) is 35.2 Å². The van der Waals surface area contributed by atoms with Crippen molar-refractivity contribution in [1.82, 2.24) is 5.32 Å². The van der Waals surface area contributed by atoms with E-state index in [1.807, 2.05) is 0 Å². The van der Waals surface area contributed by atoms with Gasteiger partial charge in [0.2, 0.25) is 0 Å². The summed E-state index contributed by atoms with van der Waals surface area (Å²) in [6.45, 7) is 7.39. The van der Waals surface area contributed by atoms with Gasteiger partial charge in [0.05, 0.1) is 0 Å². The Balaban J connectivity index is 1.98. The summed E-state index contributed by atoms with van der Waals surface area (Å²) in [5.41, 5.74) is 5.33. The highest BCUT2D eigenvalue weighted by Gasteiger charge is 2.04. The monoisotopic (exact) mass is 239 g/mol. The second kappa shape index (κ2) is 5.83. The van der Waals surface area contributed by atoms with Gasteiger partial charge in [-0.3, -0.25) is 0 Å². The largest absolute Gasteiger partial charge is 0.306 e. The number of benzene rings is 2. The Morgan fingerprint density at radius 3 is 2.28 bits per heavy atom. The lowest BCUT2D eigenvalue weighted by Crippen LogP contribution is -2.18. The third-order valence-electron chi connectivity index (χ3n) is 3.24. The molecule has 1 nitrogen and oxygen atoms in total. The van der Waals surface area contributed by atoms with Crippen molar-refractivity contribution >= 4 is 0 Å². The fourth-order valence-corrected chi connectivity index (χ4v) is 2.15. The van der Waals surface area contributed by atoms with E-state index < -0.39 is 0 Å². The Labute approximate surface area is 110 Å². The highest BCUT2D eigenvalue weighted by atomic mass is 14.9. The van der Waals surface area contributed by atoms with Crippen LogP contribution in [0.15, 0.2) is 48.5 Å². The van der Waals surface area contributed by atoms with E-state index in [0.717, 1.165) is 6.54 Å². The average Bonchev–Trinajstić information content (AvgIpc) is 2.36. The van der Waals surface area contributed by atoms with Crippen molar-refractivity contribution in [3.63, 3.8) is 0 Å². The summed E-state index contributed by atoms with van der Waals surface area (Å²) in [7, 11) is 0. The summed E-state index contributed by atoms with van der Waals surface area (Å²) in [5, 5.41) is 3.57.